The van der Waals surface area contributed by atoms with Crippen LogP contribution in [-0.4, -0.2) is 79.5 Å². The highest BCUT2D eigenvalue weighted by molar-refractivity contribution is 5.94. The van der Waals surface area contributed by atoms with E-state index < -0.39 is 54.2 Å². The molecule has 1 aromatic carbocycles. The summed E-state index contributed by atoms with van der Waals surface area (Å²) in [7, 11) is 0. The van der Waals surface area contributed by atoms with Crippen LogP contribution in [-0.2, 0) is 36.8 Å². The second-order valence-corrected chi connectivity index (χ2v) is 8.56. The van der Waals surface area contributed by atoms with Gasteiger partial charge < -0.3 is 41.9 Å². The lowest BCUT2D eigenvalue weighted by atomic mass is 10.0. The number of H-pyrrole nitrogens is 2. The molecule has 3 atom stereocenters. The number of fused-ring (bicyclic) bond motifs is 1. The van der Waals surface area contributed by atoms with E-state index in [1.807, 2.05) is 24.3 Å². The Labute approximate surface area is 216 Å². The molecule has 0 aliphatic heterocycles. The summed E-state index contributed by atoms with van der Waals surface area (Å²) in [5, 5.41) is 26.8. The van der Waals surface area contributed by atoms with E-state index in [9.17, 15) is 29.1 Å². The number of carbonyl (C=O) groups is 5. The van der Waals surface area contributed by atoms with Crippen molar-refractivity contribution in [3.63, 3.8) is 0 Å². The van der Waals surface area contributed by atoms with E-state index in [1.54, 1.807) is 6.20 Å². The van der Waals surface area contributed by atoms with Crippen LogP contribution >= 0.6 is 0 Å². The second-order valence-electron chi connectivity index (χ2n) is 8.56. The first-order valence-corrected chi connectivity index (χ1v) is 11.7. The predicted molar refractivity (Wildman–Crippen MR) is 134 cm³/mol. The number of rotatable bonds is 14. The van der Waals surface area contributed by atoms with Crippen LogP contribution in [0.25, 0.3) is 10.9 Å². The molecule has 3 aromatic rings. The largest absolute Gasteiger partial charge is 0.481 e. The Bertz CT molecular complexity index is 1290. The number of carboxylic acids is 2. The molecule has 2 aromatic heterocycles. The summed E-state index contributed by atoms with van der Waals surface area (Å²) in [6.07, 6.45) is 3.60. The molecular formula is C24H29N7O7. The van der Waals surface area contributed by atoms with Gasteiger partial charge in [-0.05, 0) is 18.1 Å². The zero-order valence-electron chi connectivity index (χ0n) is 20.3. The number of benzene rings is 1. The number of carbonyl (C=O) groups excluding carboxylic acids is 3. The predicted octanol–water partition coefficient (Wildman–Crippen LogP) is -0.961. The summed E-state index contributed by atoms with van der Waals surface area (Å²) < 4.78 is 0. The molecule has 0 radical (unpaired) electrons. The number of amides is 3. The molecule has 3 unspecified atom stereocenters. The van der Waals surface area contributed by atoms with Crippen LogP contribution in [0.3, 0.4) is 0 Å². The maximum Gasteiger partial charge on any atom is 0.326 e. The van der Waals surface area contributed by atoms with Crippen LogP contribution in [0, 0.1) is 0 Å². The summed E-state index contributed by atoms with van der Waals surface area (Å²) in [5.74, 6) is -4.80. The van der Waals surface area contributed by atoms with E-state index in [0.717, 1.165) is 16.5 Å². The minimum Gasteiger partial charge on any atom is -0.481 e. The standard InChI is InChI=1S/C24H29N7O7/c25-9-20(32)29-18(7-13-10-27-16-4-2-1-3-15(13)16)23(36)30-17(5-6-21(33)34)22(35)31-19(24(37)38)8-14-11-26-12-28-14/h1-4,10-12,17-19,27H,5-9,25H2,(H,26,28)(H,29,32)(H,30,36)(H,31,35)(H,33,34)(H,37,38). The molecule has 0 bridgehead atoms. The number of nitrogens with one attached hydrogen (secondary N) is 5. The lowest BCUT2D eigenvalue weighted by Gasteiger charge is -2.24. The van der Waals surface area contributed by atoms with E-state index in [4.69, 9.17) is 10.8 Å². The van der Waals surface area contributed by atoms with E-state index in [-0.39, 0.29) is 25.8 Å². The fourth-order valence-electron chi connectivity index (χ4n) is 3.88. The topological polar surface area (TPSA) is 232 Å². The summed E-state index contributed by atoms with van der Waals surface area (Å²) in [4.78, 5) is 70.9. The maximum atomic E-state index is 13.3. The fraction of sp³-hybridized carbons (Fsp3) is 0.333. The van der Waals surface area contributed by atoms with Crippen LogP contribution in [0.1, 0.15) is 24.1 Å². The lowest BCUT2D eigenvalue weighted by molar-refractivity contribution is -0.143. The third-order valence-electron chi connectivity index (χ3n) is 5.81. The first-order chi connectivity index (χ1) is 18.2. The van der Waals surface area contributed by atoms with Gasteiger partial charge in [0.15, 0.2) is 0 Å². The summed E-state index contributed by atoms with van der Waals surface area (Å²) in [5.41, 5.74) is 7.40. The van der Waals surface area contributed by atoms with Gasteiger partial charge in [0.2, 0.25) is 17.7 Å². The minimum atomic E-state index is -1.39. The molecule has 0 fully saturated rings. The monoisotopic (exact) mass is 527 g/mol. The van der Waals surface area contributed by atoms with Gasteiger partial charge in [0.25, 0.3) is 0 Å². The van der Waals surface area contributed by atoms with Crippen LogP contribution in [0.4, 0.5) is 0 Å². The van der Waals surface area contributed by atoms with Gasteiger partial charge in [-0.15, -0.1) is 0 Å². The zero-order chi connectivity index (χ0) is 27.7. The molecule has 38 heavy (non-hydrogen) atoms. The highest BCUT2D eigenvalue weighted by Crippen LogP contribution is 2.19. The van der Waals surface area contributed by atoms with Crippen molar-refractivity contribution in [2.75, 3.05) is 6.54 Å². The first-order valence-electron chi connectivity index (χ1n) is 11.7. The number of carboxylic acid groups (broad SMARTS) is 2. The van der Waals surface area contributed by atoms with Gasteiger partial charge in [0.05, 0.1) is 12.9 Å². The van der Waals surface area contributed by atoms with Gasteiger partial charge in [0.1, 0.15) is 18.1 Å². The summed E-state index contributed by atoms with van der Waals surface area (Å²) in [6, 6.07) is 3.45. The number of aromatic nitrogens is 3. The number of hydrogen-bond acceptors (Lipinski definition) is 7. The number of hydrogen-bond donors (Lipinski definition) is 8. The number of nitrogens with two attached hydrogens (primary N) is 1. The van der Waals surface area contributed by atoms with Crippen LogP contribution < -0.4 is 21.7 Å². The van der Waals surface area contributed by atoms with Crippen molar-refractivity contribution in [1.82, 2.24) is 30.9 Å². The van der Waals surface area contributed by atoms with Gasteiger partial charge in [-0.2, -0.15) is 0 Å². The van der Waals surface area contributed by atoms with Crippen molar-refractivity contribution in [1.29, 1.82) is 0 Å². The lowest BCUT2D eigenvalue weighted by Crippen LogP contribution is -2.57. The van der Waals surface area contributed by atoms with Gasteiger partial charge >= 0.3 is 11.9 Å². The van der Waals surface area contributed by atoms with Crippen LogP contribution in [0.15, 0.2) is 43.0 Å². The van der Waals surface area contributed by atoms with Gasteiger partial charge in [-0.1, -0.05) is 18.2 Å². The fourth-order valence-corrected chi connectivity index (χ4v) is 3.88. The molecule has 2 heterocycles. The van der Waals surface area contributed by atoms with E-state index in [2.05, 4.69) is 30.9 Å². The average molecular weight is 528 g/mol. The Morgan fingerprint density at radius 3 is 2.29 bits per heavy atom. The maximum absolute atomic E-state index is 13.3. The number of aromatic amines is 2. The summed E-state index contributed by atoms with van der Waals surface area (Å²) in [6.45, 7) is -0.380. The molecule has 9 N–H and O–H groups in total. The molecule has 0 saturated carbocycles. The molecule has 202 valence electrons. The van der Waals surface area contributed by atoms with Crippen molar-refractivity contribution in [2.24, 2.45) is 5.73 Å². The SMILES string of the molecule is NCC(=O)NC(Cc1c[nH]c2ccccc12)C(=O)NC(CCC(=O)O)C(=O)NC(Cc1cnc[nH]1)C(=O)O. The quantitative estimate of drug-likeness (QED) is 0.129. The van der Waals surface area contributed by atoms with Crippen molar-refractivity contribution >= 4 is 40.6 Å². The molecule has 0 aliphatic rings. The van der Waals surface area contributed by atoms with Crippen molar-refractivity contribution in [2.45, 2.75) is 43.8 Å². The second kappa shape index (κ2) is 13.0. The third kappa shape index (κ3) is 7.64. The molecule has 3 amide bonds. The van der Waals surface area contributed by atoms with Crippen molar-refractivity contribution < 1.29 is 34.2 Å². The Morgan fingerprint density at radius 2 is 1.63 bits per heavy atom. The number of nitrogens with zero attached hydrogens (tertiary/aromatic N) is 1. The Morgan fingerprint density at radius 1 is 0.921 bits per heavy atom. The van der Waals surface area contributed by atoms with Gasteiger partial charge in [-0.25, -0.2) is 9.78 Å². The third-order valence-corrected chi connectivity index (χ3v) is 5.81. The summed E-state index contributed by atoms with van der Waals surface area (Å²) >= 11 is 0. The zero-order valence-corrected chi connectivity index (χ0v) is 20.3. The molecular weight excluding hydrogens is 498 g/mol. The molecule has 3 rings (SSSR count). The molecule has 0 spiro atoms. The number of imidazole rings is 1. The molecule has 14 heteroatoms. The van der Waals surface area contributed by atoms with E-state index in [1.165, 1.54) is 12.5 Å². The Kier molecular flexibility index (Phi) is 9.54. The Hall–Kier alpha value is -4.72. The average Bonchev–Trinajstić information content (AvgIpc) is 3.55. The van der Waals surface area contributed by atoms with E-state index in [0.29, 0.717) is 5.69 Å². The first kappa shape index (κ1) is 27.9. The van der Waals surface area contributed by atoms with Crippen LogP contribution in [0.2, 0.25) is 0 Å². The van der Waals surface area contributed by atoms with Gasteiger partial charge in [0, 0.05) is 48.3 Å². The number of aliphatic carboxylic acids is 2. The normalized spacial score (nSPS) is 13.3. The molecule has 0 saturated heterocycles. The molecule has 14 nitrogen and oxygen atoms in total. The van der Waals surface area contributed by atoms with Crippen molar-refractivity contribution in [3.8, 4) is 0 Å². The van der Waals surface area contributed by atoms with Gasteiger partial charge in [-0.3, -0.25) is 19.2 Å². The van der Waals surface area contributed by atoms with E-state index >= 15 is 0 Å². The highest BCUT2D eigenvalue weighted by atomic mass is 16.4. The van der Waals surface area contributed by atoms with Crippen LogP contribution in [0.5, 0.6) is 0 Å². The number of para-hydroxylation sites is 1. The van der Waals surface area contributed by atoms with Crippen molar-refractivity contribution in [3.05, 3.63) is 54.2 Å². The Balaban J connectivity index is 1.78. The molecule has 0 aliphatic carbocycles. The highest BCUT2D eigenvalue weighted by Gasteiger charge is 2.30. The minimum absolute atomic E-state index is 0.0480. The smallest absolute Gasteiger partial charge is 0.326 e.